The predicted molar refractivity (Wildman–Crippen MR) is 65.2 cm³/mol. The fourth-order valence-electron chi connectivity index (χ4n) is 1.94. The van der Waals surface area contributed by atoms with Gasteiger partial charge in [0.05, 0.1) is 6.10 Å². The lowest BCUT2D eigenvalue weighted by atomic mass is 10.2. The van der Waals surface area contributed by atoms with E-state index in [0.717, 1.165) is 12.1 Å². The van der Waals surface area contributed by atoms with Crippen molar-refractivity contribution in [3.63, 3.8) is 0 Å². The summed E-state index contributed by atoms with van der Waals surface area (Å²) < 4.78 is 5.41. The number of nitrogens with one attached hydrogen (secondary N) is 1. The molecule has 0 amide bonds. The topological polar surface area (TPSA) is 58.6 Å². The molecule has 1 saturated heterocycles. The molecule has 4 nitrogen and oxygen atoms in total. The first-order valence-corrected chi connectivity index (χ1v) is 5.84. The molecule has 0 bridgehead atoms. The van der Waals surface area contributed by atoms with Crippen molar-refractivity contribution in [3.8, 4) is 0 Å². The number of ether oxygens (including phenoxy) is 1. The molecular weight excluding hydrogens is 218 g/mol. The van der Waals surface area contributed by atoms with Crippen molar-refractivity contribution in [2.75, 3.05) is 11.9 Å². The predicted octanol–water partition coefficient (Wildman–Crippen LogP) is 2.04. The second-order valence-corrected chi connectivity index (χ2v) is 4.41. The highest BCUT2D eigenvalue weighted by Crippen LogP contribution is 2.20. The molecule has 2 atom stereocenters. The molecule has 0 saturated carbocycles. The van der Waals surface area contributed by atoms with Gasteiger partial charge in [0.2, 0.25) is 0 Å². The van der Waals surface area contributed by atoms with E-state index in [1.165, 1.54) is 5.56 Å². The molecular formula is C13H17NO3. The minimum absolute atomic E-state index is 0.00240. The van der Waals surface area contributed by atoms with Gasteiger partial charge in [0.1, 0.15) is 0 Å². The van der Waals surface area contributed by atoms with Crippen LogP contribution >= 0.6 is 0 Å². The smallest absolute Gasteiger partial charge is 0.332 e. The van der Waals surface area contributed by atoms with E-state index in [4.69, 9.17) is 9.84 Å². The first kappa shape index (κ1) is 11.9. The van der Waals surface area contributed by atoms with Gasteiger partial charge in [0, 0.05) is 12.2 Å². The lowest BCUT2D eigenvalue weighted by Gasteiger charge is -2.13. The zero-order valence-corrected chi connectivity index (χ0v) is 9.85. The molecule has 17 heavy (non-hydrogen) atoms. The second-order valence-electron chi connectivity index (χ2n) is 4.41. The van der Waals surface area contributed by atoms with Gasteiger partial charge in [-0.1, -0.05) is 17.7 Å². The summed E-state index contributed by atoms with van der Waals surface area (Å²) in [5.74, 6) is -0.858. The molecule has 2 unspecified atom stereocenters. The number of carboxylic acid groups (broad SMARTS) is 1. The summed E-state index contributed by atoms with van der Waals surface area (Å²) >= 11 is 0. The van der Waals surface area contributed by atoms with Crippen molar-refractivity contribution in [1.82, 2.24) is 0 Å². The van der Waals surface area contributed by atoms with Crippen LogP contribution in [0.5, 0.6) is 0 Å². The number of hydrogen-bond acceptors (Lipinski definition) is 3. The van der Waals surface area contributed by atoms with Crippen molar-refractivity contribution in [2.45, 2.75) is 32.0 Å². The third kappa shape index (κ3) is 3.20. The lowest BCUT2D eigenvalue weighted by Crippen LogP contribution is -2.24. The molecule has 1 heterocycles. The SMILES string of the molecule is Cc1ccc(NCC2CCC(C(=O)O)O2)cc1. The van der Waals surface area contributed by atoms with Crippen LogP contribution in [0.3, 0.4) is 0 Å². The Morgan fingerprint density at radius 3 is 2.71 bits per heavy atom. The highest BCUT2D eigenvalue weighted by atomic mass is 16.5. The van der Waals surface area contributed by atoms with Crippen LogP contribution in [0.4, 0.5) is 5.69 Å². The number of benzene rings is 1. The van der Waals surface area contributed by atoms with Crippen molar-refractivity contribution in [2.24, 2.45) is 0 Å². The van der Waals surface area contributed by atoms with Crippen LogP contribution in [0.15, 0.2) is 24.3 Å². The van der Waals surface area contributed by atoms with E-state index in [2.05, 4.69) is 5.32 Å². The minimum Gasteiger partial charge on any atom is -0.479 e. The number of carboxylic acids is 1. The number of anilines is 1. The monoisotopic (exact) mass is 235 g/mol. The molecule has 2 N–H and O–H groups in total. The van der Waals surface area contributed by atoms with Crippen LogP contribution in [0.2, 0.25) is 0 Å². The van der Waals surface area contributed by atoms with Gasteiger partial charge < -0.3 is 15.2 Å². The van der Waals surface area contributed by atoms with E-state index in [0.29, 0.717) is 13.0 Å². The Morgan fingerprint density at radius 1 is 1.41 bits per heavy atom. The third-order valence-corrected chi connectivity index (χ3v) is 2.97. The number of hydrogen-bond donors (Lipinski definition) is 2. The van der Waals surface area contributed by atoms with Crippen LogP contribution in [0, 0.1) is 6.92 Å². The Kier molecular flexibility index (Phi) is 3.64. The minimum atomic E-state index is -0.858. The van der Waals surface area contributed by atoms with Crippen molar-refractivity contribution in [3.05, 3.63) is 29.8 Å². The summed E-state index contributed by atoms with van der Waals surface area (Å²) in [5, 5.41) is 12.1. The molecule has 0 aliphatic carbocycles. The molecule has 1 aromatic rings. The quantitative estimate of drug-likeness (QED) is 0.838. The van der Waals surface area contributed by atoms with E-state index in [9.17, 15) is 4.79 Å². The molecule has 1 aliphatic heterocycles. The van der Waals surface area contributed by atoms with Gasteiger partial charge in [0.15, 0.2) is 6.10 Å². The van der Waals surface area contributed by atoms with Crippen molar-refractivity contribution >= 4 is 11.7 Å². The summed E-state index contributed by atoms with van der Waals surface area (Å²) in [6, 6.07) is 8.10. The molecule has 92 valence electrons. The van der Waals surface area contributed by atoms with Gasteiger partial charge in [-0.3, -0.25) is 0 Å². The van der Waals surface area contributed by atoms with Gasteiger partial charge in [0.25, 0.3) is 0 Å². The van der Waals surface area contributed by atoms with E-state index in [1.807, 2.05) is 31.2 Å². The van der Waals surface area contributed by atoms with Gasteiger partial charge in [-0.05, 0) is 31.9 Å². The first-order valence-electron chi connectivity index (χ1n) is 5.84. The van der Waals surface area contributed by atoms with Gasteiger partial charge in [-0.2, -0.15) is 0 Å². The normalized spacial score (nSPS) is 23.6. The number of aryl methyl sites for hydroxylation is 1. The molecule has 0 aromatic heterocycles. The van der Waals surface area contributed by atoms with Crippen molar-refractivity contribution < 1.29 is 14.6 Å². The van der Waals surface area contributed by atoms with Crippen LogP contribution in [0.25, 0.3) is 0 Å². The highest BCUT2D eigenvalue weighted by molar-refractivity contribution is 5.72. The van der Waals surface area contributed by atoms with Gasteiger partial charge in [-0.15, -0.1) is 0 Å². The largest absolute Gasteiger partial charge is 0.479 e. The number of aliphatic carboxylic acids is 1. The van der Waals surface area contributed by atoms with Crippen molar-refractivity contribution in [1.29, 1.82) is 0 Å². The Hall–Kier alpha value is -1.55. The first-order chi connectivity index (χ1) is 8.15. The molecule has 0 radical (unpaired) electrons. The van der Waals surface area contributed by atoms with Crippen LogP contribution in [0.1, 0.15) is 18.4 Å². The summed E-state index contributed by atoms with van der Waals surface area (Å²) in [7, 11) is 0. The highest BCUT2D eigenvalue weighted by Gasteiger charge is 2.29. The number of rotatable bonds is 4. The van der Waals surface area contributed by atoms with Crippen LogP contribution < -0.4 is 5.32 Å². The fraction of sp³-hybridized carbons (Fsp3) is 0.462. The maximum Gasteiger partial charge on any atom is 0.332 e. The maximum atomic E-state index is 10.7. The number of carbonyl (C=O) groups is 1. The second kappa shape index (κ2) is 5.19. The van der Waals surface area contributed by atoms with E-state index in [1.54, 1.807) is 0 Å². The molecule has 4 heteroatoms. The Balaban J connectivity index is 1.80. The van der Waals surface area contributed by atoms with Crippen LogP contribution in [-0.4, -0.2) is 29.8 Å². The zero-order chi connectivity index (χ0) is 12.3. The molecule has 1 fully saturated rings. The van der Waals surface area contributed by atoms with E-state index < -0.39 is 12.1 Å². The third-order valence-electron chi connectivity index (χ3n) is 2.97. The van der Waals surface area contributed by atoms with Gasteiger partial charge >= 0.3 is 5.97 Å². The van der Waals surface area contributed by atoms with Gasteiger partial charge in [-0.25, -0.2) is 4.79 Å². The zero-order valence-electron chi connectivity index (χ0n) is 9.85. The maximum absolute atomic E-state index is 10.7. The summed E-state index contributed by atoms with van der Waals surface area (Å²) in [6.07, 6.45) is 0.781. The lowest BCUT2D eigenvalue weighted by molar-refractivity contribution is -0.149. The Bertz CT molecular complexity index is 388. The summed E-state index contributed by atoms with van der Waals surface area (Å²) in [6.45, 7) is 2.70. The summed E-state index contributed by atoms with van der Waals surface area (Å²) in [4.78, 5) is 10.7. The molecule has 0 spiro atoms. The summed E-state index contributed by atoms with van der Waals surface area (Å²) in [5.41, 5.74) is 2.26. The van der Waals surface area contributed by atoms with E-state index >= 15 is 0 Å². The molecule has 1 aromatic carbocycles. The average molecular weight is 235 g/mol. The fourth-order valence-corrected chi connectivity index (χ4v) is 1.94. The van der Waals surface area contributed by atoms with E-state index in [-0.39, 0.29) is 6.10 Å². The Labute approximate surface area is 101 Å². The molecule has 1 aliphatic rings. The standard InChI is InChI=1S/C13H17NO3/c1-9-2-4-10(5-3-9)14-8-11-6-7-12(17-11)13(15)16/h2-5,11-12,14H,6-8H2,1H3,(H,15,16). The Morgan fingerprint density at radius 2 is 2.12 bits per heavy atom. The average Bonchev–Trinajstić information content (AvgIpc) is 2.77. The van der Waals surface area contributed by atoms with Crippen LogP contribution in [-0.2, 0) is 9.53 Å². The molecule has 2 rings (SSSR count).